The molecule has 8 nitrogen and oxygen atoms in total. The molecule has 0 aliphatic rings. The van der Waals surface area contributed by atoms with Gasteiger partial charge in [0.15, 0.2) is 0 Å². The van der Waals surface area contributed by atoms with Gasteiger partial charge in [0.2, 0.25) is 5.88 Å². The van der Waals surface area contributed by atoms with Crippen LogP contribution in [0.25, 0.3) is 0 Å². The zero-order valence-corrected chi connectivity index (χ0v) is 16.8. The molecular formula is C21H20F3N5O3. The molecule has 0 aliphatic carbocycles. The van der Waals surface area contributed by atoms with Crippen LogP contribution in [0.4, 0.5) is 35.2 Å². The molecule has 1 heterocycles. The number of amides is 2. The van der Waals surface area contributed by atoms with Crippen molar-refractivity contribution in [2.24, 2.45) is 0 Å². The van der Waals surface area contributed by atoms with E-state index >= 15 is 0 Å². The summed E-state index contributed by atoms with van der Waals surface area (Å²) in [4.78, 5) is 20.1. The average Bonchev–Trinajstić information content (AvgIpc) is 2.73. The van der Waals surface area contributed by atoms with E-state index in [9.17, 15) is 23.1 Å². The number of nitrogens with one attached hydrogen (secondary N) is 3. The third-order valence-corrected chi connectivity index (χ3v) is 4.00. The molecule has 3 aromatic rings. The predicted octanol–water partition coefficient (Wildman–Crippen LogP) is 4.72. The Hall–Kier alpha value is -3.86. The molecule has 0 aliphatic heterocycles. The topological polar surface area (TPSA) is 108 Å². The summed E-state index contributed by atoms with van der Waals surface area (Å²) in [5.41, 5.74) is -0.435. The Morgan fingerprint density at radius 1 is 1.06 bits per heavy atom. The third kappa shape index (κ3) is 6.84. The van der Waals surface area contributed by atoms with Gasteiger partial charge in [-0.25, -0.2) is 14.8 Å². The van der Waals surface area contributed by atoms with Crippen molar-refractivity contribution in [1.82, 2.24) is 9.97 Å². The number of benzene rings is 2. The number of hydrogen-bond acceptors (Lipinski definition) is 6. The van der Waals surface area contributed by atoms with Crippen LogP contribution in [-0.4, -0.2) is 33.8 Å². The van der Waals surface area contributed by atoms with Gasteiger partial charge in [0.25, 0.3) is 0 Å². The minimum Gasteiger partial charge on any atom is -0.439 e. The lowest BCUT2D eigenvalue weighted by molar-refractivity contribution is -0.137. The van der Waals surface area contributed by atoms with Gasteiger partial charge in [-0.05, 0) is 49.4 Å². The first-order valence-corrected chi connectivity index (χ1v) is 9.46. The highest BCUT2D eigenvalue weighted by atomic mass is 19.4. The van der Waals surface area contributed by atoms with Gasteiger partial charge in [0, 0.05) is 24.0 Å². The summed E-state index contributed by atoms with van der Waals surface area (Å²) in [5, 5.41) is 17.1. The molecule has 2 amide bonds. The third-order valence-electron chi connectivity index (χ3n) is 4.00. The van der Waals surface area contributed by atoms with Crippen LogP contribution in [0.2, 0.25) is 0 Å². The van der Waals surface area contributed by atoms with E-state index in [1.165, 1.54) is 18.5 Å². The van der Waals surface area contributed by atoms with E-state index < -0.39 is 23.9 Å². The van der Waals surface area contributed by atoms with Crippen molar-refractivity contribution >= 4 is 23.2 Å². The minimum atomic E-state index is -4.50. The number of halogens is 3. The molecule has 168 valence electrons. The minimum absolute atomic E-state index is 0.0149. The van der Waals surface area contributed by atoms with E-state index in [-0.39, 0.29) is 11.6 Å². The van der Waals surface area contributed by atoms with Crippen molar-refractivity contribution in [3.63, 3.8) is 0 Å². The van der Waals surface area contributed by atoms with Gasteiger partial charge in [0.1, 0.15) is 17.9 Å². The largest absolute Gasteiger partial charge is 0.439 e. The number of alkyl halides is 3. The van der Waals surface area contributed by atoms with E-state index in [2.05, 4.69) is 25.9 Å². The van der Waals surface area contributed by atoms with E-state index in [0.29, 0.717) is 23.8 Å². The monoisotopic (exact) mass is 447 g/mol. The number of hydrogen-bond donors (Lipinski definition) is 4. The van der Waals surface area contributed by atoms with Crippen molar-refractivity contribution in [3.05, 3.63) is 66.5 Å². The smallest absolute Gasteiger partial charge is 0.416 e. The van der Waals surface area contributed by atoms with Crippen LogP contribution in [0.5, 0.6) is 11.6 Å². The van der Waals surface area contributed by atoms with Gasteiger partial charge in [-0.15, -0.1) is 0 Å². The van der Waals surface area contributed by atoms with Crippen molar-refractivity contribution < 1.29 is 27.8 Å². The second-order valence-corrected chi connectivity index (χ2v) is 6.76. The first-order valence-electron chi connectivity index (χ1n) is 9.46. The molecular weight excluding hydrogens is 427 g/mol. The zero-order valence-electron chi connectivity index (χ0n) is 16.8. The van der Waals surface area contributed by atoms with Crippen molar-refractivity contribution in [2.75, 3.05) is 22.5 Å². The molecule has 32 heavy (non-hydrogen) atoms. The molecule has 3 rings (SSSR count). The van der Waals surface area contributed by atoms with Crippen LogP contribution < -0.4 is 20.7 Å². The fraction of sp³-hybridized carbons (Fsp3) is 0.190. The summed E-state index contributed by atoms with van der Waals surface area (Å²) in [7, 11) is 0. The van der Waals surface area contributed by atoms with Gasteiger partial charge in [-0.1, -0.05) is 6.07 Å². The fourth-order valence-electron chi connectivity index (χ4n) is 2.54. The lowest BCUT2D eigenvalue weighted by Crippen LogP contribution is -2.19. The highest BCUT2D eigenvalue weighted by molar-refractivity contribution is 5.99. The maximum Gasteiger partial charge on any atom is 0.416 e. The summed E-state index contributed by atoms with van der Waals surface area (Å²) in [5.74, 6) is 1.20. The fourth-order valence-corrected chi connectivity index (χ4v) is 2.54. The summed E-state index contributed by atoms with van der Waals surface area (Å²) in [6.07, 6.45) is -3.73. The number of rotatable bonds is 7. The normalized spacial score (nSPS) is 12.0. The van der Waals surface area contributed by atoms with E-state index in [0.717, 1.165) is 12.1 Å². The van der Waals surface area contributed by atoms with E-state index in [1.54, 1.807) is 37.3 Å². The lowest BCUT2D eigenvalue weighted by atomic mass is 10.2. The molecule has 1 aromatic heterocycles. The highest BCUT2D eigenvalue weighted by Gasteiger charge is 2.30. The van der Waals surface area contributed by atoms with Gasteiger partial charge in [-0.2, -0.15) is 13.2 Å². The first-order chi connectivity index (χ1) is 15.2. The van der Waals surface area contributed by atoms with Crippen molar-refractivity contribution in [1.29, 1.82) is 0 Å². The van der Waals surface area contributed by atoms with Gasteiger partial charge < -0.3 is 25.8 Å². The Morgan fingerprint density at radius 2 is 1.78 bits per heavy atom. The Balaban J connectivity index is 1.57. The average molecular weight is 447 g/mol. The second kappa shape index (κ2) is 9.96. The standard InChI is InChI=1S/C21H20F3N5O3/c1-13(30)11-25-18-10-19(27-12-26-18)32-17-7-5-15(6-8-17)28-20(31)29-16-4-2-3-14(9-16)21(22,23)24/h2-10,12-13,30H,11H2,1H3,(H,25,26,27)(H2,28,29,31)/t13-/m0/s1. The van der Waals surface area contributed by atoms with Crippen molar-refractivity contribution in [3.8, 4) is 11.6 Å². The van der Waals surface area contributed by atoms with Crippen LogP contribution in [-0.2, 0) is 6.18 Å². The summed E-state index contributed by atoms with van der Waals surface area (Å²) >= 11 is 0. The first kappa shape index (κ1) is 22.8. The maximum absolute atomic E-state index is 12.8. The molecule has 0 spiro atoms. The van der Waals surface area contributed by atoms with Gasteiger partial charge >= 0.3 is 12.2 Å². The quantitative estimate of drug-likeness (QED) is 0.417. The number of carbonyl (C=O) groups is 1. The Kier molecular flexibility index (Phi) is 7.11. The SMILES string of the molecule is C[C@H](O)CNc1cc(Oc2ccc(NC(=O)Nc3cccc(C(F)(F)F)c3)cc2)ncn1. The Labute approximate surface area is 181 Å². The number of aliphatic hydroxyl groups is 1. The van der Waals surface area contributed by atoms with Gasteiger partial charge in [0.05, 0.1) is 11.7 Å². The second-order valence-electron chi connectivity index (χ2n) is 6.76. The molecule has 0 fully saturated rings. The number of carbonyl (C=O) groups excluding carboxylic acids is 1. The summed E-state index contributed by atoms with van der Waals surface area (Å²) in [6, 6.07) is 11.5. The van der Waals surface area contributed by atoms with Crippen LogP contribution in [0, 0.1) is 0 Å². The van der Waals surface area contributed by atoms with E-state index in [1.807, 2.05) is 0 Å². The Bertz CT molecular complexity index is 1060. The highest BCUT2D eigenvalue weighted by Crippen LogP contribution is 2.30. The molecule has 0 unspecified atom stereocenters. The van der Waals surface area contributed by atoms with Crippen LogP contribution in [0.15, 0.2) is 60.9 Å². The van der Waals surface area contributed by atoms with Crippen molar-refractivity contribution in [2.45, 2.75) is 19.2 Å². The molecule has 0 saturated carbocycles. The number of nitrogens with zero attached hydrogens (tertiary/aromatic N) is 2. The Morgan fingerprint density at radius 3 is 2.47 bits per heavy atom. The molecule has 1 atom stereocenters. The van der Waals surface area contributed by atoms with Crippen LogP contribution >= 0.6 is 0 Å². The number of aliphatic hydroxyl groups excluding tert-OH is 1. The van der Waals surface area contributed by atoms with E-state index in [4.69, 9.17) is 4.74 Å². The van der Waals surface area contributed by atoms with Crippen LogP contribution in [0.1, 0.15) is 12.5 Å². The van der Waals surface area contributed by atoms with Gasteiger partial charge in [-0.3, -0.25) is 0 Å². The maximum atomic E-state index is 12.8. The molecule has 11 heteroatoms. The summed E-state index contributed by atoms with van der Waals surface area (Å²) in [6.45, 7) is 1.96. The molecule has 2 aromatic carbocycles. The lowest BCUT2D eigenvalue weighted by Gasteiger charge is -2.11. The molecule has 0 saturated heterocycles. The molecule has 4 N–H and O–H groups in total. The van der Waals surface area contributed by atoms with Crippen LogP contribution in [0.3, 0.4) is 0 Å². The summed E-state index contributed by atoms with van der Waals surface area (Å²) < 4.78 is 44.0. The zero-order chi connectivity index (χ0) is 23.1. The molecule has 0 bridgehead atoms. The number of urea groups is 1. The number of aromatic nitrogens is 2. The predicted molar refractivity (Wildman–Crippen MR) is 113 cm³/mol. The number of ether oxygens (including phenoxy) is 1. The number of anilines is 3. The molecule has 0 radical (unpaired) electrons.